The largest absolute Gasteiger partial charge is 0.462 e. The Morgan fingerprint density at radius 2 is 1.69 bits per heavy atom. The van der Waals surface area contributed by atoms with E-state index in [1.807, 2.05) is 37.3 Å². The summed E-state index contributed by atoms with van der Waals surface area (Å²) in [7, 11) is 1.21. The average Bonchev–Trinajstić information content (AvgIpc) is 2.60. The molecule has 0 bridgehead atoms. The highest BCUT2D eigenvalue weighted by molar-refractivity contribution is 9.10. The van der Waals surface area contributed by atoms with Crippen molar-refractivity contribution in [1.82, 2.24) is 0 Å². The minimum Gasteiger partial charge on any atom is -0.462 e. The van der Waals surface area contributed by atoms with Crippen LogP contribution >= 0.6 is 15.9 Å². The number of carbonyl (C=O) groups excluding carboxylic acids is 2. The van der Waals surface area contributed by atoms with Crippen LogP contribution in [-0.4, -0.2) is 19.0 Å². The van der Waals surface area contributed by atoms with Gasteiger partial charge in [0.05, 0.1) is 13.7 Å². The molecule has 0 aliphatic heterocycles. The Kier molecular flexibility index (Phi) is 6.24. The van der Waals surface area contributed by atoms with Gasteiger partial charge in [-0.15, -0.1) is 0 Å². The summed E-state index contributed by atoms with van der Waals surface area (Å²) in [6, 6.07) is 13.7. The highest BCUT2D eigenvalue weighted by atomic mass is 79.9. The first-order valence-corrected chi connectivity index (χ1v) is 9.18. The van der Waals surface area contributed by atoms with Crippen LogP contribution in [0.5, 0.6) is 0 Å². The minimum absolute atomic E-state index is 0.0565. The molecule has 0 unspecified atom stereocenters. The van der Waals surface area contributed by atoms with E-state index in [0.717, 1.165) is 15.6 Å². The summed E-state index contributed by atoms with van der Waals surface area (Å²) in [4.78, 5) is 25.9. The van der Waals surface area contributed by atoms with Crippen LogP contribution in [0.25, 0.3) is 0 Å². The third-order valence-electron chi connectivity index (χ3n) is 4.23. The lowest BCUT2D eigenvalue weighted by Crippen LogP contribution is -2.37. The van der Waals surface area contributed by atoms with E-state index in [-0.39, 0.29) is 12.0 Å². The molecule has 0 N–H and O–H groups in total. The van der Waals surface area contributed by atoms with Gasteiger partial charge in [0, 0.05) is 10.2 Å². The summed E-state index contributed by atoms with van der Waals surface area (Å²) >= 11 is 3.43. The number of anilines is 1. The first-order chi connectivity index (χ1) is 12.1. The lowest BCUT2D eigenvalue weighted by Gasteiger charge is -2.24. The van der Waals surface area contributed by atoms with Gasteiger partial charge in [0.1, 0.15) is 0 Å². The Labute approximate surface area is 163 Å². The molecular weight excluding hydrogens is 394 g/mol. The maximum atomic E-state index is 12.6. The van der Waals surface area contributed by atoms with E-state index in [1.54, 1.807) is 0 Å². The highest BCUT2D eigenvalue weighted by Crippen LogP contribution is 2.27. The Bertz CT molecular complexity index is 807. The summed E-state index contributed by atoms with van der Waals surface area (Å²) in [5, 5.41) is 0. The number of carbonyl (C=O) groups is 2. The molecule has 2 aromatic carbocycles. The topological polar surface area (TPSA) is 46.6 Å². The normalized spacial score (nSPS) is 11.2. The summed E-state index contributed by atoms with van der Waals surface area (Å²) in [6.45, 7) is 8.65. The molecule has 26 heavy (non-hydrogen) atoms. The van der Waals surface area contributed by atoms with E-state index in [1.165, 1.54) is 17.6 Å². The number of hydrogen-bond donors (Lipinski definition) is 0. The number of esters is 1. The zero-order valence-electron chi connectivity index (χ0n) is 15.8. The van der Waals surface area contributed by atoms with Gasteiger partial charge in [-0.3, -0.25) is 9.69 Å². The van der Waals surface area contributed by atoms with Crippen molar-refractivity contribution in [3.8, 4) is 0 Å². The van der Waals surface area contributed by atoms with E-state index < -0.39 is 11.9 Å². The number of rotatable bonds is 3. The number of ether oxygens (including phenoxy) is 1. The first-order valence-electron chi connectivity index (χ1n) is 8.39. The van der Waals surface area contributed by atoms with E-state index >= 15 is 0 Å². The quantitative estimate of drug-likeness (QED) is 0.533. The number of hydrogen-bond acceptors (Lipinski definition) is 3. The second kappa shape index (κ2) is 8.04. The number of amides is 1. The third kappa shape index (κ3) is 4.73. The molecule has 0 saturated heterocycles. The maximum absolute atomic E-state index is 12.6. The molecule has 4 nitrogen and oxygen atoms in total. The van der Waals surface area contributed by atoms with Crippen LogP contribution in [0.3, 0.4) is 0 Å². The van der Waals surface area contributed by atoms with Gasteiger partial charge in [0.15, 0.2) is 0 Å². The molecule has 2 rings (SSSR count). The molecule has 0 aliphatic carbocycles. The van der Waals surface area contributed by atoms with Crippen molar-refractivity contribution in [2.75, 3.05) is 12.0 Å². The molecule has 138 valence electrons. The van der Waals surface area contributed by atoms with Crippen LogP contribution in [0.1, 0.15) is 37.5 Å². The van der Waals surface area contributed by atoms with Crippen LogP contribution in [0.4, 0.5) is 5.69 Å². The van der Waals surface area contributed by atoms with Crippen molar-refractivity contribution in [1.29, 1.82) is 0 Å². The molecule has 0 aromatic heterocycles. The summed E-state index contributed by atoms with van der Waals surface area (Å²) in [6.07, 6.45) is 0. The van der Waals surface area contributed by atoms with Crippen molar-refractivity contribution in [2.45, 2.75) is 39.7 Å². The highest BCUT2D eigenvalue weighted by Gasteiger charge is 2.26. The van der Waals surface area contributed by atoms with Crippen molar-refractivity contribution in [3.63, 3.8) is 0 Å². The summed E-state index contributed by atoms with van der Waals surface area (Å²) in [5.74, 6) is -1.57. The molecule has 0 saturated carbocycles. The van der Waals surface area contributed by atoms with Crippen LogP contribution in [-0.2, 0) is 26.3 Å². The van der Waals surface area contributed by atoms with Gasteiger partial charge >= 0.3 is 11.9 Å². The van der Waals surface area contributed by atoms with Gasteiger partial charge in [-0.1, -0.05) is 67.0 Å². The van der Waals surface area contributed by atoms with E-state index in [2.05, 4.69) is 53.6 Å². The zero-order valence-corrected chi connectivity index (χ0v) is 17.4. The monoisotopic (exact) mass is 417 g/mol. The second-order valence-corrected chi connectivity index (χ2v) is 8.18. The van der Waals surface area contributed by atoms with Gasteiger partial charge < -0.3 is 4.74 Å². The van der Waals surface area contributed by atoms with Crippen LogP contribution < -0.4 is 4.90 Å². The fraction of sp³-hybridized carbons (Fsp3) is 0.333. The third-order valence-corrected chi connectivity index (χ3v) is 4.72. The first kappa shape index (κ1) is 20.2. The van der Waals surface area contributed by atoms with Crippen molar-refractivity contribution in [3.05, 3.63) is 63.6 Å². The molecule has 5 heteroatoms. The minimum atomic E-state index is -0.879. The number of aryl methyl sites for hydroxylation is 1. The molecular formula is C21H24BrNO3. The van der Waals surface area contributed by atoms with Gasteiger partial charge in [-0.25, -0.2) is 4.79 Å². The fourth-order valence-electron chi connectivity index (χ4n) is 2.63. The van der Waals surface area contributed by atoms with Crippen molar-refractivity contribution < 1.29 is 14.3 Å². The number of halogens is 1. The SMILES string of the molecule is COC(=O)C(=O)N(Cc1ccc(C(C)(C)C)cc1)c1cc(Br)ccc1C. The Balaban J connectivity index is 2.40. The lowest BCUT2D eigenvalue weighted by molar-refractivity contribution is -0.151. The predicted octanol–water partition coefficient (Wildman–Crippen LogP) is 4.76. The zero-order chi connectivity index (χ0) is 19.5. The Hall–Kier alpha value is -2.14. The molecule has 0 fully saturated rings. The molecule has 1 amide bonds. The molecule has 2 aromatic rings. The van der Waals surface area contributed by atoms with E-state index in [4.69, 9.17) is 0 Å². The smallest absolute Gasteiger partial charge is 0.397 e. The fourth-order valence-corrected chi connectivity index (χ4v) is 2.98. The van der Waals surface area contributed by atoms with Crippen molar-refractivity contribution in [2.24, 2.45) is 0 Å². The summed E-state index contributed by atoms with van der Waals surface area (Å²) in [5.41, 5.74) is 3.78. The van der Waals surface area contributed by atoms with Gasteiger partial charge in [-0.2, -0.15) is 0 Å². The standard InChI is InChI=1S/C21H24BrNO3/c1-14-6-11-17(22)12-18(14)23(19(24)20(25)26-5)13-15-7-9-16(10-8-15)21(2,3)4/h6-12H,13H2,1-5H3. The Morgan fingerprint density at radius 1 is 1.08 bits per heavy atom. The van der Waals surface area contributed by atoms with Crippen LogP contribution in [0.2, 0.25) is 0 Å². The number of nitrogens with zero attached hydrogens (tertiary/aromatic N) is 1. The molecule has 0 radical (unpaired) electrons. The van der Waals surface area contributed by atoms with Crippen LogP contribution in [0.15, 0.2) is 46.9 Å². The van der Waals surface area contributed by atoms with Crippen molar-refractivity contribution >= 4 is 33.5 Å². The predicted molar refractivity (Wildman–Crippen MR) is 107 cm³/mol. The molecule has 0 heterocycles. The van der Waals surface area contributed by atoms with E-state index in [0.29, 0.717) is 5.69 Å². The lowest BCUT2D eigenvalue weighted by atomic mass is 9.87. The number of methoxy groups -OCH3 is 1. The summed E-state index contributed by atoms with van der Waals surface area (Å²) < 4.78 is 5.48. The molecule has 0 aliphatic rings. The Morgan fingerprint density at radius 3 is 2.23 bits per heavy atom. The number of benzene rings is 2. The average molecular weight is 418 g/mol. The second-order valence-electron chi connectivity index (χ2n) is 7.26. The van der Waals surface area contributed by atoms with Crippen LogP contribution in [0, 0.1) is 6.92 Å². The molecule has 0 spiro atoms. The van der Waals surface area contributed by atoms with E-state index in [9.17, 15) is 9.59 Å². The van der Waals surface area contributed by atoms with Gasteiger partial charge in [0.2, 0.25) is 0 Å². The molecule has 0 atom stereocenters. The van der Waals surface area contributed by atoms with Gasteiger partial charge in [-0.05, 0) is 41.2 Å². The van der Waals surface area contributed by atoms with Gasteiger partial charge in [0.25, 0.3) is 0 Å². The maximum Gasteiger partial charge on any atom is 0.397 e.